The summed E-state index contributed by atoms with van der Waals surface area (Å²) < 4.78 is 10.3. The van der Waals surface area contributed by atoms with E-state index in [0.29, 0.717) is 17.0 Å². The number of benzene rings is 1. The number of hydrogen-bond donors (Lipinski definition) is 1. The number of aromatic amines is 1. The molecule has 0 bridgehead atoms. The van der Waals surface area contributed by atoms with Crippen LogP contribution in [-0.2, 0) is 0 Å². The molecule has 1 aromatic heterocycles. The molecular formula is C11H11NO3. The Morgan fingerprint density at radius 1 is 1.07 bits per heavy atom. The summed E-state index contributed by atoms with van der Waals surface area (Å²) in [6.45, 7) is 0. The van der Waals surface area contributed by atoms with Crippen molar-refractivity contribution in [2.24, 2.45) is 0 Å². The van der Waals surface area contributed by atoms with Gasteiger partial charge in [0.05, 0.1) is 19.6 Å². The van der Waals surface area contributed by atoms with Crippen LogP contribution in [0.15, 0.2) is 29.1 Å². The van der Waals surface area contributed by atoms with Crippen LogP contribution in [0.25, 0.3) is 10.8 Å². The van der Waals surface area contributed by atoms with E-state index in [4.69, 9.17) is 9.47 Å². The third-order valence-corrected chi connectivity index (χ3v) is 2.26. The Morgan fingerprint density at radius 2 is 1.73 bits per heavy atom. The first-order valence-electron chi connectivity index (χ1n) is 4.51. The topological polar surface area (TPSA) is 51.3 Å². The molecule has 0 spiro atoms. The van der Waals surface area contributed by atoms with E-state index in [2.05, 4.69) is 4.98 Å². The Balaban J connectivity index is 2.92. The highest BCUT2D eigenvalue weighted by Gasteiger charge is 2.11. The summed E-state index contributed by atoms with van der Waals surface area (Å²) in [7, 11) is 3.03. The summed E-state index contributed by atoms with van der Waals surface area (Å²) in [5.74, 6) is 0.897. The van der Waals surface area contributed by atoms with Crippen molar-refractivity contribution in [3.63, 3.8) is 0 Å². The molecule has 0 radical (unpaired) electrons. The molecule has 15 heavy (non-hydrogen) atoms. The van der Waals surface area contributed by atoms with Gasteiger partial charge in [0.25, 0.3) is 5.56 Å². The van der Waals surface area contributed by atoms with Crippen molar-refractivity contribution in [1.29, 1.82) is 0 Å². The molecular weight excluding hydrogens is 194 g/mol. The van der Waals surface area contributed by atoms with Crippen LogP contribution in [0.1, 0.15) is 0 Å². The summed E-state index contributed by atoms with van der Waals surface area (Å²) >= 11 is 0. The van der Waals surface area contributed by atoms with Gasteiger partial charge in [0.1, 0.15) is 0 Å². The Labute approximate surface area is 86.5 Å². The summed E-state index contributed by atoms with van der Waals surface area (Å²) in [6, 6.07) is 7.23. The summed E-state index contributed by atoms with van der Waals surface area (Å²) in [6.07, 6.45) is 0. The Kier molecular flexibility index (Phi) is 2.33. The van der Waals surface area contributed by atoms with Crippen LogP contribution in [0.2, 0.25) is 0 Å². The molecule has 1 aromatic carbocycles. The van der Waals surface area contributed by atoms with Gasteiger partial charge < -0.3 is 9.47 Å². The predicted molar refractivity (Wildman–Crippen MR) is 57.7 cm³/mol. The minimum atomic E-state index is -0.178. The molecule has 0 fully saturated rings. The second-order valence-corrected chi connectivity index (χ2v) is 3.07. The Morgan fingerprint density at radius 3 is 2.33 bits per heavy atom. The number of nitrogens with one attached hydrogen (secondary N) is 1. The summed E-state index contributed by atoms with van der Waals surface area (Å²) in [4.78, 5) is 14.3. The minimum absolute atomic E-state index is 0.178. The lowest BCUT2D eigenvalue weighted by Gasteiger charge is -2.09. The first kappa shape index (κ1) is 9.58. The SMILES string of the molecule is COc1[nH]c(=O)c2ccccc2c1OC. The molecule has 4 nitrogen and oxygen atoms in total. The van der Waals surface area contributed by atoms with Crippen LogP contribution >= 0.6 is 0 Å². The van der Waals surface area contributed by atoms with Crippen molar-refractivity contribution in [3.05, 3.63) is 34.6 Å². The van der Waals surface area contributed by atoms with Gasteiger partial charge in [-0.05, 0) is 6.07 Å². The standard InChI is InChI=1S/C11H11NO3/c1-14-9-7-5-3-4-6-8(7)10(13)12-11(9)15-2/h3-6H,1-2H3,(H,12,13). The minimum Gasteiger partial charge on any atom is -0.491 e. The van der Waals surface area contributed by atoms with Crippen LogP contribution in [0.4, 0.5) is 0 Å². The third kappa shape index (κ3) is 1.44. The predicted octanol–water partition coefficient (Wildman–Crippen LogP) is 1.55. The smallest absolute Gasteiger partial charge is 0.258 e. The number of pyridine rings is 1. The average molecular weight is 205 g/mol. The van der Waals surface area contributed by atoms with Crippen molar-refractivity contribution in [2.45, 2.75) is 0 Å². The first-order chi connectivity index (χ1) is 7.27. The summed E-state index contributed by atoms with van der Waals surface area (Å²) in [5, 5.41) is 1.34. The first-order valence-corrected chi connectivity index (χ1v) is 4.51. The highest BCUT2D eigenvalue weighted by molar-refractivity contribution is 5.89. The molecule has 1 heterocycles. The number of methoxy groups -OCH3 is 2. The molecule has 0 unspecified atom stereocenters. The van der Waals surface area contributed by atoms with Gasteiger partial charge in [-0.3, -0.25) is 9.78 Å². The van der Waals surface area contributed by atoms with Gasteiger partial charge >= 0.3 is 0 Å². The zero-order valence-corrected chi connectivity index (χ0v) is 8.53. The van der Waals surface area contributed by atoms with Crippen LogP contribution in [-0.4, -0.2) is 19.2 Å². The van der Waals surface area contributed by atoms with E-state index in [9.17, 15) is 4.79 Å². The molecule has 4 heteroatoms. The van der Waals surface area contributed by atoms with Gasteiger partial charge in [0.2, 0.25) is 5.88 Å². The fraction of sp³-hybridized carbons (Fsp3) is 0.182. The molecule has 0 saturated heterocycles. The quantitative estimate of drug-likeness (QED) is 0.809. The second-order valence-electron chi connectivity index (χ2n) is 3.07. The number of H-pyrrole nitrogens is 1. The zero-order valence-electron chi connectivity index (χ0n) is 8.53. The molecule has 1 N–H and O–H groups in total. The van der Waals surface area contributed by atoms with Crippen LogP contribution in [0.3, 0.4) is 0 Å². The maximum atomic E-state index is 11.6. The van der Waals surface area contributed by atoms with Gasteiger partial charge in [0.15, 0.2) is 5.75 Å². The Bertz CT molecular complexity index is 545. The zero-order chi connectivity index (χ0) is 10.8. The van der Waals surface area contributed by atoms with Gasteiger partial charge in [-0.15, -0.1) is 0 Å². The van der Waals surface area contributed by atoms with E-state index in [1.807, 2.05) is 18.2 Å². The number of hydrogen-bond acceptors (Lipinski definition) is 3. The monoisotopic (exact) mass is 205 g/mol. The second kappa shape index (κ2) is 3.65. The van der Waals surface area contributed by atoms with Crippen LogP contribution in [0.5, 0.6) is 11.6 Å². The van der Waals surface area contributed by atoms with Gasteiger partial charge in [-0.25, -0.2) is 0 Å². The highest BCUT2D eigenvalue weighted by atomic mass is 16.5. The average Bonchev–Trinajstić information content (AvgIpc) is 2.29. The van der Waals surface area contributed by atoms with Crippen molar-refractivity contribution < 1.29 is 9.47 Å². The van der Waals surface area contributed by atoms with E-state index >= 15 is 0 Å². The van der Waals surface area contributed by atoms with Crippen LogP contribution < -0.4 is 15.0 Å². The fourth-order valence-electron chi connectivity index (χ4n) is 1.58. The van der Waals surface area contributed by atoms with Gasteiger partial charge in [-0.2, -0.15) is 0 Å². The number of rotatable bonds is 2. The fourth-order valence-corrected chi connectivity index (χ4v) is 1.58. The summed E-state index contributed by atoms with van der Waals surface area (Å²) in [5.41, 5.74) is -0.178. The molecule has 0 aliphatic heterocycles. The van der Waals surface area contributed by atoms with E-state index in [0.717, 1.165) is 5.39 Å². The van der Waals surface area contributed by atoms with Gasteiger partial charge in [0, 0.05) is 5.39 Å². The molecule has 0 saturated carbocycles. The normalized spacial score (nSPS) is 10.3. The van der Waals surface area contributed by atoms with E-state index < -0.39 is 0 Å². The lowest BCUT2D eigenvalue weighted by molar-refractivity contribution is 0.346. The van der Waals surface area contributed by atoms with Crippen molar-refractivity contribution in [1.82, 2.24) is 4.98 Å². The lowest BCUT2D eigenvalue weighted by atomic mass is 10.1. The van der Waals surface area contributed by atoms with E-state index in [-0.39, 0.29) is 5.56 Å². The molecule has 2 aromatic rings. The largest absolute Gasteiger partial charge is 0.491 e. The molecule has 0 aliphatic carbocycles. The molecule has 0 amide bonds. The maximum absolute atomic E-state index is 11.6. The van der Waals surface area contributed by atoms with Crippen molar-refractivity contribution >= 4 is 10.8 Å². The molecule has 0 aliphatic rings. The molecule has 78 valence electrons. The van der Waals surface area contributed by atoms with Crippen LogP contribution in [0, 0.1) is 0 Å². The molecule has 2 rings (SSSR count). The third-order valence-electron chi connectivity index (χ3n) is 2.26. The Hall–Kier alpha value is -1.97. The van der Waals surface area contributed by atoms with E-state index in [1.165, 1.54) is 7.11 Å². The number of aromatic nitrogens is 1. The van der Waals surface area contributed by atoms with Gasteiger partial charge in [-0.1, -0.05) is 18.2 Å². The van der Waals surface area contributed by atoms with Crippen molar-refractivity contribution in [2.75, 3.05) is 14.2 Å². The lowest BCUT2D eigenvalue weighted by Crippen LogP contribution is -2.09. The highest BCUT2D eigenvalue weighted by Crippen LogP contribution is 2.30. The maximum Gasteiger partial charge on any atom is 0.258 e. The van der Waals surface area contributed by atoms with E-state index in [1.54, 1.807) is 13.2 Å². The number of fused-ring (bicyclic) bond motifs is 1. The van der Waals surface area contributed by atoms with Crippen molar-refractivity contribution in [3.8, 4) is 11.6 Å². The molecule has 0 atom stereocenters. The number of ether oxygens (including phenoxy) is 2.